The van der Waals surface area contributed by atoms with Crippen molar-refractivity contribution in [2.75, 3.05) is 20.1 Å². The summed E-state index contributed by atoms with van der Waals surface area (Å²) in [4.78, 5) is 18.9. The second-order valence-electron chi connectivity index (χ2n) is 7.35. The normalized spacial score (nSPS) is 22.0. The fourth-order valence-electron chi connectivity index (χ4n) is 4.67. The number of likely N-dealkylation sites (tertiary alicyclic amines) is 1. The minimum absolute atomic E-state index is 0.151. The number of carbonyl (C=O) groups is 1. The number of carbonyl (C=O) groups excluding carboxylic acids is 1. The van der Waals surface area contributed by atoms with Gasteiger partial charge in [0, 0.05) is 25.0 Å². The Labute approximate surface area is 153 Å². The molecule has 0 bridgehead atoms. The Balaban J connectivity index is 1.50. The molecule has 5 heteroatoms. The van der Waals surface area contributed by atoms with Crippen LogP contribution < -0.4 is 5.32 Å². The van der Waals surface area contributed by atoms with Gasteiger partial charge in [-0.05, 0) is 54.8 Å². The third-order valence-corrected chi connectivity index (χ3v) is 6.74. The maximum atomic E-state index is 12.0. The minimum Gasteiger partial charge on any atom is -0.359 e. The van der Waals surface area contributed by atoms with Gasteiger partial charge in [0.25, 0.3) is 0 Å². The topological polar surface area (TPSA) is 45.2 Å². The molecule has 2 aromatic rings. The summed E-state index contributed by atoms with van der Waals surface area (Å²) in [6, 6.07) is 8.81. The lowest BCUT2D eigenvalue weighted by Gasteiger charge is -2.40. The quantitative estimate of drug-likeness (QED) is 0.915. The van der Waals surface area contributed by atoms with E-state index in [9.17, 15) is 4.79 Å². The molecule has 4 rings (SSSR count). The Hall–Kier alpha value is -1.72. The molecule has 25 heavy (non-hydrogen) atoms. The average molecular weight is 356 g/mol. The summed E-state index contributed by atoms with van der Waals surface area (Å²) in [5, 5.41) is 6.05. The summed E-state index contributed by atoms with van der Waals surface area (Å²) in [7, 11) is 1.73. The van der Waals surface area contributed by atoms with Crippen LogP contribution in [0.4, 0.5) is 0 Å². The van der Waals surface area contributed by atoms with Gasteiger partial charge in [0.15, 0.2) is 0 Å². The number of fused-ring (bicyclic) bond motifs is 2. The van der Waals surface area contributed by atoms with Crippen molar-refractivity contribution in [1.82, 2.24) is 15.2 Å². The maximum absolute atomic E-state index is 12.0. The first-order valence-electron chi connectivity index (χ1n) is 9.11. The number of nitrogens with one attached hydrogen (secondary N) is 1. The van der Waals surface area contributed by atoms with Gasteiger partial charge in [-0.15, -0.1) is 11.3 Å². The summed E-state index contributed by atoms with van der Waals surface area (Å²) in [6.07, 6.45) is 5.98. The Morgan fingerprint density at radius 3 is 2.88 bits per heavy atom. The van der Waals surface area contributed by atoms with E-state index in [1.54, 1.807) is 18.4 Å². The molecule has 0 radical (unpaired) electrons. The molecule has 1 aromatic carbocycles. The van der Waals surface area contributed by atoms with Gasteiger partial charge in [-0.25, -0.2) is 4.98 Å². The van der Waals surface area contributed by atoms with E-state index in [2.05, 4.69) is 44.8 Å². The van der Waals surface area contributed by atoms with Gasteiger partial charge in [0.05, 0.1) is 6.54 Å². The van der Waals surface area contributed by atoms with Crippen molar-refractivity contribution in [3.05, 3.63) is 52.0 Å². The van der Waals surface area contributed by atoms with Crippen molar-refractivity contribution in [2.45, 2.75) is 43.6 Å². The highest BCUT2D eigenvalue weighted by atomic mass is 32.1. The van der Waals surface area contributed by atoms with Crippen LogP contribution >= 0.6 is 11.3 Å². The zero-order valence-electron chi connectivity index (χ0n) is 14.7. The zero-order valence-corrected chi connectivity index (χ0v) is 15.5. The Morgan fingerprint density at radius 2 is 2.16 bits per heavy atom. The van der Waals surface area contributed by atoms with Crippen molar-refractivity contribution < 1.29 is 4.79 Å². The van der Waals surface area contributed by atoms with Crippen molar-refractivity contribution in [3.8, 4) is 0 Å². The number of aromatic nitrogens is 1. The summed E-state index contributed by atoms with van der Waals surface area (Å²) >= 11 is 1.74. The Morgan fingerprint density at radius 1 is 1.36 bits per heavy atom. The molecule has 1 amide bonds. The van der Waals surface area contributed by atoms with Crippen LogP contribution in [0.3, 0.4) is 0 Å². The van der Waals surface area contributed by atoms with Crippen LogP contribution in [0.1, 0.15) is 47.7 Å². The van der Waals surface area contributed by atoms with Gasteiger partial charge in [-0.1, -0.05) is 24.3 Å². The molecule has 132 valence electrons. The third-order valence-electron chi connectivity index (χ3n) is 5.98. The largest absolute Gasteiger partial charge is 0.359 e. The average Bonchev–Trinajstić information content (AvgIpc) is 3.25. The van der Waals surface area contributed by atoms with E-state index in [0.29, 0.717) is 12.3 Å². The number of nitrogens with zero attached hydrogens (tertiary/aromatic N) is 2. The van der Waals surface area contributed by atoms with Crippen molar-refractivity contribution in [3.63, 3.8) is 0 Å². The van der Waals surface area contributed by atoms with Crippen molar-refractivity contribution in [2.24, 2.45) is 0 Å². The van der Waals surface area contributed by atoms with Crippen LogP contribution in [0.5, 0.6) is 0 Å². The van der Waals surface area contributed by atoms with Crippen LogP contribution in [0.25, 0.3) is 0 Å². The van der Waals surface area contributed by atoms with Crippen LogP contribution in [-0.4, -0.2) is 35.9 Å². The molecule has 1 aliphatic heterocycles. The van der Waals surface area contributed by atoms with Crippen LogP contribution in [0.15, 0.2) is 35.8 Å². The molecule has 1 atom stereocenters. The molecule has 1 aliphatic carbocycles. The van der Waals surface area contributed by atoms with Crippen LogP contribution in [0.2, 0.25) is 0 Å². The van der Waals surface area contributed by atoms with Gasteiger partial charge < -0.3 is 5.32 Å². The lowest BCUT2D eigenvalue weighted by molar-refractivity contribution is -0.121. The van der Waals surface area contributed by atoms with E-state index >= 15 is 0 Å². The fraction of sp³-hybridized carbons (Fsp3) is 0.500. The lowest BCUT2D eigenvalue weighted by Crippen LogP contribution is -2.41. The minimum atomic E-state index is 0.151. The van der Waals surface area contributed by atoms with E-state index in [4.69, 9.17) is 0 Å². The second kappa shape index (κ2) is 6.89. The molecule has 0 saturated carbocycles. The molecule has 1 fully saturated rings. The van der Waals surface area contributed by atoms with E-state index in [0.717, 1.165) is 26.1 Å². The van der Waals surface area contributed by atoms with Gasteiger partial charge in [0.1, 0.15) is 5.01 Å². The molecule has 1 N–H and O–H groups in total. The van der Waals surface area contributed by atoms with E-state index in [-0.39, 0.29) is 11.3 Å². The molecule has 2 aliphatic rings. The number of amides is 1. The predicted molar refractivity (Wildman–Crippen MR) is 101 cm³/mol. The van der Waals surface area contributed by atoms with E-state index < -0.39 is 0 Å². The first kappa shape index (κ1) is 16.7. The Bertz CT molecular complexity index is 735. The highest BCUT2D eigenvalue weighted by molar-refractivity contribution is 7.09. The van der Waals surface area contributed by atoms with Gasteiger partial charge >= 0.3 is 0 Å². The molecular weight excluding hydrogens is 330 g/mol. The molecular formula is C20H25N3OS. The number of benzene rings is 1. The summed E-state index contributed by atoms with van der Waals surface area (Å²) < 4.78 is 0. The van der Waals surface area contributed by atoms with Gasteiger partial charge in [0.2, 0.25) is 5.91 Å². The fourth-order valence-corrected chi connectivity index (χ4v) is 5.33. The van der Waals surface area contributed by atoms with Gasteiger partial charge in [-0.3, -0.25) is 9.69 Å². The first-order valence-corrected chi connectivity index (χ1v) is 9.99. The summed E-state index contributed by atoms with van der Waals surface area (Å²) in [5.41, 5.74) is 3.16. The number of piperidine rings is 1. The molecule has 4 nitrogen and oxygen atoms in total. The summed E-state index contributed by atoms with van der Waals surface area (Å²) in [5.74, 6) is 0.514. The van der Waals surface area contributed by atoms with Crippen molar-refractivity contribution in [1.29, 1.82) is 0 Å². The second-order valence-corrected chi connectivity index (χ2v) is 8.33. The van der Waals surface area contributed by atoms with Crippen LogP contribution in [0, 0.1) is 0 Å². The highest BCUT2D eigenvalue weighted by Crippen LogP contribution is 2.52. The summed E-state index contributed by atoms with van der Waals surface area (Å²) in [6.45, 7) is 3.19. The number of thiazole rings is 1. The first-order chi connectivity index (χ1) is 12.2. The monoisotopic (exact) mass is 355 g/mol. The smallest absolute Gasteiger partial charge is 0.220 e. The lowest BCUT2D eigenvalue weighted by atomic mass is 9.73. The standard InChI is InChI=1S/C20H25N3OS/c1-21-18(24)12-15-13-20(17-5-3-2-4-16(15)17)6-9-23(10-7-20)14-19-22-8-11-25-19/h2-5,8,11,15H,6-7,9-10,12-14H2,1H3,(H,21,24)/t15-/m0/s1. The number of hydrogen-bond donors (Lipinski definition) is 1. The highest BCUT2D eigenvalue weighted by Gasteiger charge is 2.45. The Kier molecular flexibility index (Phi) is 4.61. The third kappa shape index (κ3) is 3.23. The molecule has 1 aromatic heterocycles. The molecule has 0 unspecified atom stereocenters. The van der Waals surface area contributed by atoms with Crippen molar-refractivity contribution >= 4 is 17.2 Å². The molecule has 1 saturated heterocycles. The number of hydrogen-bond acceptors (Lipinski definition) is 4. The maximum Gasteiger partial charge on any atom is 0.220 e. The zero-order chi connectivity index (χ0) is 17.3. The SMILES string of the molecule is CNC(=O)C[C@H]1CC2(CCN(Cc3nccs3)CC2)c2ccccc21. The van der Waals surface area contributed by atoms with Gasteiger partial charge in [-0.2, -0.15) is 0 Å². The molecule has 2 heterocycles. The number of rotatable bonds is 4. The predicted octanol–water partition coefficient (Wildman–Crippen LogP) is 3.30. The molecule has 1 spiro atoms. The van der Waals surface area contributed by atoms with Crippen LogP contribution in [-0.2, 0) is 16.8 Å². The van der Waals surface area contributed by atoms with E-state index in [1.807, 2.05) is 6.20 Å². The van der Waals surface area contributed by atoms with E-state index in [1.165, 1.54) is 29.0 Å².